The molecule has 2 aromatic carbocycles. The van der Waals surface area contributed by atoms with Gasteiger partial charge in [0.2, 0.25) is 5.75 Å². The summed E-state index contributed by atoms with van der Waals surface area (Å²) in [6.07, 6.45) is 0. The van der Waals surface area contributed by atoms with Crippen LogP contribution in [0.5, 0.6) is 17.2 Å². The molecule has 0 radical (unpaired) electrons. The zero-order valence-electron chi connectivity index (χ0n) is 11.7. The highest BCUT2D eigenvalue weighted by atomic mass is 79.9. The molecular weight excluding hydrogens is 334 g/mol. The maximum absolute atomic E-state index is 5.64. The molecule has 110 valence electrons. The van der Waals surface area contributed by atoms with Gasteiger partial charge in [-0.1, -0.05) is 22.0 Å². The minimum absolute atomic E-state index is 0.555. The van der Waals surface area contributed by atoms with Gasteiger partial charge in [-0.2, -0.15) is 0 Å². The summed E-state index contributed by atoms with van der Waals surface area (Å²) >= 11 is 3.46. The van der Waals surface area contributed by atoms with Crippen molar-refractivity contribution in [1.29, 1.82) is 0 Å². The summed E-state index contributed by atoms with van der Waals surface area (Å²) in [5.74, 6) is 2.14. The van der Waals surface area contributed by atoms with E-state index in [0.717, 1.165) is 21.5 Å². The van der Waals surface area contributed by atoms with E-state index in [1.807, 2.05) is 36.4 Å². The molecule has 1 aliphatic heterocycles. The second-order valence-electron chi connectivity index (χ2n) is 4.69. The fourth-order valence-corrected chi connectivity index (χ4v) is 2.63. The van der Waals surface area contributed by atoms with Gasteiger partial charge in [-0.15, -0.1) is 0 Å². The van der Waals surface area contributed by atoms with E-state index in [9.17, 15) is 0 Å². The van der Waals surface area contributed by atoms with E-state index >= 15 is 0 Å². The lowest BCUT2D eigenvalue weighted by Gasteiger charge is -2.21. The van der Waals surface area contributed by atoms with Gasteiger partial charge < -0.3 is 19.5 Å². The number of halogens is 1. The maximum atomic E-state index is 5.64. The van der Waals surface area contributed by atoms with Gasteiger partial charge in [-0.3, -0.25) is 0 Å². The van der Waals surface area contributed by atoms with Crippen LogP contribution in [0.4, 0.5) is 5.69 Å². The smallest absolute Gasteiger partial charge is 0.203 e. The van der Waals surface area contributed by atoms with Gasteiger partial charge in [0.15, 0.2) is 11.5 Å². The summed E-state index contributed by atoms with van der Waals surface area (Å²) in [5, 5.41) is 3.38. The topological polar surface area (TPSA) is 39.7 Å². The highest BCUT2D eigenvalue weighted by molar-refractivity contribution is 9.10. The van der Waals surface area contributed by atoms with Crippen LogP contribution in [-0.4, -0.2) is 20.3 Å². The molecule has 0 saturated carbocycles. The molecule has 21 heavy (non-hydrogen) atoms. The van der Waals surface area contributed by atoms with Crippen LogP contribution in [0.2, 0.25) is 0 Å². The van der Waals surface area contributed by atoms with Crippen molar-refractivity contribution in [3.05, 3.63) is 46.4 Å². The Balaban J connectivity index is 1.79. The molecule has 5 heteroatoms. The summed E-state index contributed by atoms with van der Waals surface area (Å²) < 4.78 is 17.7. The number of methoxy groups -OCH3 is 1. The number of fused-ring (bicyclic) bond motifs is 1. The van der Waals surface area contributed by atoms with Gasteiger partial charge in [0.1, 0.15) is 13.2 Å². The maximum Gasteiger partial charge on any atom is 0.203 e. The predicted octanol–water partition coefficient (Wildman–Crippen LogP) is 3.84. The Morgan fingerprint density at radius 2 is 2.05 bits per heavy atom. The standard InChI is InChI=1S/C16H16BrNO3/c1-19-14-7-11(8-15-16(14)21-6-5-20-15)10-18-13-4-2-3-12(17)9-13/h2-4,7-9,18H,5-6,10H2,1H3. The fraction of sp³-hybridized carbons (Fsp3) is 0.250. The zero-order valence-corrected chi connectivity index (χ0v) is 13.3. The van der Waals surface area contributed by atoms with Crippen molar-refractivity contribution in [2.45, 2.75) is 6.54 Å². The van der Waals surface area contributed by atoms with Gasteiger partial charge in [0.25, 0.3) is 0 Å². The first-order valence-electron chi connectivity index (χ1n) is 6.72. The van der Waals surface area contributed by atoms with Crippen LogP contribution in [-0.2, 0) is 6.54 Å². The Kier molecular flexibility index (Phi) is 4.20. The Labute approximate surface area is 132 Å². The average molecular weight is 350 g/mol. The Morgan fingerprint density at radius 3 is 2.86 bits per heavy atom. The second-order valence-corrected chi connectivity index (χ2v) is 5.60. The third kappa shape index (κ3) is 3.24. The lowest BCUT2D eigenvalue weighted by molar-refractivity contribution is 0.165. The third-order valence-electron chi connectivity index (χ3n) is 3.21. The van der Waals surface area contributed by atoms with E-state index in [1.165, 1.54) is 0 Å². The minimum Gasteiger partial charge on any atom is -0.493 e. The first kappa shape index (κ1) is 14.1. The number of benzene rings is 2. The van der Waals surface area contributed by atoms with E-state index in [-0.39, 0.29) is 0 Å². The molecule has 1 heterocycles. The number of hydrogen-bond donors (Lipinski definition) is 1. The van der Waals surface area contributed by atoms with Crippen LogP contribution in [0.1, 0.15) is 5.56 Å². The van der Waals surface area contributed by atoms with E-state index in [4.69, 9.17) is 14.2 Å². The molecular formula is C16H16BrNO3. The number of nitrogens with one attached hydrogen (secondary N) is 1. The summed E-state index contributed by atoms with van der Waals surface area (Å²) in [7, 11) is 1.64. The van der Waals surface area contributed by atoms with Crippen molar-refractivity contribution in [3.63, 3.8) is 0 Å². The fourth-order valence-electron chi connectivity index (χ4n) is 2.23. The van der Waals surface area contributed by atoms with Gasteiger partial charge in [0, 0.05) is 16.7 Å². The molecule has 0 spiro atoms. The van der Waals surface area contributed by atoms with Gasteiger partial charge >= 0.3 is 0 Å². The van der Waals surface area contributed by atoms with Crippen molar-refractivity contribution >= 4 is 21.6 Å². The van der Waals surface area contributed by atoms with Crippen LogP contribution < -0.4 is 19.5 Å². The first-order chi connectivity index (χ1) is 10.3. The Morgan fingerprint density at radius 1 is 1.19 bits per heavy atom. The van der Waals surface area contributed by atoms with Crippen LogP contribution in [0.25, 0.3) is 0 Å². The minimum atomic E-state index is 0.555. The molecule has 0 bridgehead atoms. The lowest BCUT2D eigenvalue weighted by atomic mass is 10.1. The van der Waals surface area contributed by atoms with Crippen LogP contribution in [0.15, 0.2) is 40.9 Å². The number of anilines is 1. The highest BCUT2D eigenvalue weighted by Crippen LogP contribution is 2.40. The number of rotatable bonds is 4. The van der Waals surface area contributed by atoms with Crippen LogP contribution in [0.3, 0.4) is 0 Å². The van der Waals surface area contributed by atoms with E-state index in [2.05, 4.69) is 21.2 Å². The first-order valence-corrected chi connectivity index (χ1v) is 7.51. The van der Waals surface area contributed by atoms with E-state index in [0.29, 0.717) is 31.3 Å². The number of hydrogen-bond acceptors (Lipinski definition) is 4. The summed E-state index contributed by atoms with van der Waals surface area (Å²) in [4.78, 5) is 0. The summed E-state index contributed by atoms with van der Waals surface area (Å²) in [6, 6.07) is 12.0. The van der Waals surface area contributed by atoms with E-state index < -0.39 is 0 Å². The van der Waals surface area contributed by atoms with Crippen molar-refractivity contribution in [2.24, 2.45) is 0 Å². The molecule has 0 aromatic heterocycles. The van der Waals surface area contributed by atoms with Crippen molar-refractivity contribution < 1.29 is 14.2 Å². The Hall–Kier alpha value is -1.88. The highest BCUT2D eigenvalue weighted by Gasteiger charge is 2.18. The molecule has 1 N–H and O–H groups in total. The van der Waals surface area contributed by atoms with Crippen LogP contribution in [0, 0.1) is 0 Å². The Bertz CT molecular complexity index is 628. The van der Waals surface area contributed by atoms with Crippen molar-refractivity contribution in [2.75, 3.05) is 25.6 Å². The lowest BCUT2D eigenvalue weighted by Crippen LogP contribution is -2.16. The number of ether oxygens (including phenoxy) is 3. The molecule has 0 unspecified atom stereocenters. The molecule has 2 aromatic rings. The summed E-state index contributed by atoms with van der Waals surface area (Å²) in [6.45, 7) is 1.81. The average Bonchev–Trinajstić information content (AvgIpc) is 2.52. The molecule has 1 aliphatic rings. The predicted molar refractivity (Wildman–Crippen MR) is 85.5 cm³/mol. The largest absolute Gasteiger partial charge is 0.493 e. The molecule has 0 saturated heterocycles. The zero-order chi connectivity index (χ0) is 14.7. The monoisotopic (exact) mass is 349 g/mol. The van der Waals surface area contributed by atoms with Crippen molar-refractivity contribution in [3.8, 4) is 17.2 Å². The molecule has 4 nitrogen and oxygen atoms in total. The van der Waals surface area contributed by atoms with Gasteiger partial charge in [-0.05, 0) is 35.9 Å². The molecule has 3 rings (SSSR count). The normalized spacial score (nSPS) is 12.9. The van der Waals surface area contributed by atoms with Gasteiger partial charge in [-0.25, -0.2) is 0 Å². The van der Waals surface area contributed by atoms with Crippen LogP contribution >= 0.6 is 15.9 Å². The summed E-state index contributed by atoms with van der Waals surface area (Å²) in [5.41, 5.74) is 2.13. The molecule has 0 fully saturated rings. The molecule has 0 atom stereocenters. The third-order valence-corrected chi connectivity index (χ3v) is 3.70. The molecule has 0 amide bonds. The van der Waals surface area contributed by atoms with E-state index in [1.54, 1.807) is 7.11 Å². The quantitative estimate of drug-likeness (QED) is 0.910. The molecule has 0 aliphatic carbocycles. The SMILES string of the molecule is COc1cc(CNc2cccc(Br)c2)cc2c1OCCO2. The van der Waals surface area contributed by atoms with Crippen molar-refractivity contribution in [1.82, 2.24) is 0 Å². The second kappa shape index (κ2) is 6.26. The van der Waals surface area contributed by atoms with Gasteiger partial charge in [0.05, 0.1) is 7.11 Å².